The summed E-state index contributed by atoms with van der Waals surface area (Å²) >= 11 is 0. The van der Waals surface area contributed by atoms with Crippen LogP contribution in [-0.2, 0) is 31.9 Å². The predicted octanol–water partition coefficient (Wildman–Crippen LogP) is 1.73. The molecule has 0 aliphatic rings. The zero-order chi connectivity index (χ0) is 45.2. The van der Waals surface area contributed by atoms with E-state index in [1.165, 1.54) is 58.4 Å². The first-order valence-corrected chi connectivity index (χ1v) is 18.4. The number of hydrogen-bond donors (Lipinski definition) is 6. The second-order valence-electron chi connectivity index (χ2n) is 13.3. The number of aromatic nitrogens is 8. The predicted molar refractivity (Wildman–Crippen MR) is 211 cm³/mol. The Hall–Kier alpha value is -8.38. The van der Waals surface area contributed by atoms with Gasteiger partial charge >= 0.3 is 23.9 Å². The molecular formula is C39H34F2N12O10. The van der Waals surface area contributed by atoms with Crippen molar-refractivity contribution in [2.75, 3.05) is 23.8 Å². The molecule has 4 aromatic heterocycles. The van der Waals surface area contributed by atoms with Crippen molar-refractivity contribution < 1.29 is 57.2 Å². The smallest absolute Gasteiger partial charge is 0.340 e. The molecule has 22 nitrogen and oxygen atoms in total. The summed E-state index contributed by atoms with van der Waals surface area (Å²) in [5.41, 5.74) is 8.86. The summed E-state index contributed by atoms with van der Waals surface area (Å²) in [5.74, 6) is -8.33. The topological polar surface area (TPSA) is 325 Å². The van der Waals surface area contributed by atoms with Crippen LogP contribution < -0.4 is 22.1 Å². The number of imidazole rings is 2. The van der Waals surface area contributed by atoms with Crippen molar-refractivity contribution >= 4 is 47.1 Å². The van der Waals surface area contributed by atoms with Crippen LogP contribution in [0.4, 0.5) is 20.2 Å². The first-order chi connectivity index (χ1) is 30.2. The van der Waals surface area contributed by atoms with Crippen LogP contribution in [0.3, 0.4) is 0 Å². The van der Waals surface area contributed by atoms with Gasteiger partial charge in [0.05, 0.1) is 22.5 Å². The average Bonchev–Trinajstić information content (AvgIpc) is 4.03. The molecule has 0 aliphatic carbocycles. The van der Waals surface area contributed by atoms with Crippen LogP contribution in [0.1, 0.15) is 59.2 Å². The van der Waals surface area contributed by atoms with Gasteiger partial charge in [0.15, 0.2) is 23.0 Å². The molecule has 24 heteroatoms. The molecule has 0 radical (unpaired) electrons. The van der Waals surface area contributed by atoms with Crippen LogP contribution in [-0.4, -0.2) is 111 Å². The van der Waals surface area contributed by atoms with Gasteiger partial charge in [0.1, 0.15) is 49.6 Å². The van der Waals surface area contributed by atoms with Crippen molar-refractivity contribution in [1.82, 2.24) is 39.5 Å². The van der Waals surface area contributed by atoms with Crippen molar-refractivity contribution in [2.24, 2.45) is 11.5 Å². The highest BCUT2D eigenvalue weighted by Gasteiger charge is 2.25. The molecule has 0 spiro atoms. The Morgan fingerprint density at radius 3 is 1.38 bits per heavy atom. The van der Waals surface area contributed by atoms with Crippen LogP contribution in [0.25, 0.3) is 11.6 Å². The zero-order valence-electron chi connectivity index (χ0n) is 32.4. The summed E-state index contributed by atoms with van der Waals surface area (Å²) in [6, 6.07) is 6.21. The molecule has 0 saturated heterocycles. The molecule has 0 saturated carbocycles. The standard InChI is InChI=1S/C39H34F2N12O10/c40-24-14-22(38(60)62-16-26(42)36(56)57)30(46-34(54)28-4-6-32(50-48-28)52-10-8-44-18-52)12-20(24)2-1-3-21-13-31(23(15-25(21)41)39(61)63-17-27(43)37(58)59)47-35(55)29-5-7-33(51-49-29)53-11-9-45-19-53/h4-15,18-19,26-27H,1-3,16-17,42-43H2,(H,46,54)(H,47,55)(H,56,57)(H,58,59)/t26-,27?/m1/s1. The number of carbonyl (C=O) groups is 6. The summed E-state index contributed by atoms with van der Waals surface area (Å²) in [4.78, 5) is 82.9. The number of nitrogens with zero attached hydrogens (tertiary/aromatic N) is 8. The third-order valence-corrected chi connectivity index (χ3v) is 8.93. The number of hydrogen-bond acceptors (Lipinski definition) is 16. The molecule has 63 heavy (non-hydrogen) atoms. The fourth-order valence-electron chi connectivity index (χ4n) is 5.59. The highest BCUT2D eigenvalue weighted by molar-refractivity contribution is 6.08. The van der Waals surface area contributed by atoms with Crippen LogP contribution in [0.5, 0.6) is 0 Å². The molecule has 0 bridgehead atoms. The lowest BCUT2D eigenvalue weighted by atomic mass is 9.99. The average molecular weight is 869 g/mol. The van der Waals surface area contributed by atoms with Crippen LogP contribution in [0.2, 0.25) is 0 Å². The first-order valence-electron chi connectivity index (χ1n) is 18.4. The first kappa shape index (κ1) is 44.2. The summed E-state index contributed by atoms with van der Waals surface area (Å²) in [5, 5.41) is 38.9. The number of carbonyl (C=O) groups excluding carboxylic acids is 4. The van der Waals surface area contributed by atoms with E-state index in [1.54, 1.807) is 12.4 Å². The monoisotopic (exact) mass is 868 g/mol. The Labute approximate surface area is 352 Å². The molecule has 6 rings (SSSR count). The Balaban J connectivity index is 1.23. The fourth-order valence-corrected chi connectivity index (χ4v) is 5.59. The number of amides is 2. The molecule has 0 fully saturated rings. The van der Waals surface area contributed by atoms with E-state index >= 15 is 8.78 Å². The number of halogens is 2. The Bertz CT molecular complexity index is 2470. The van der Waals surface area contributed by atoms with Gasteiger partial charge in [-0.2, -0.15) is 0 Å². The normalized spacial score (nSPS) is 11.9. The minimum Gasteiger partial charge on any atom is -0.480 e. The van der Waals surface area contributed by atoms with Crippen molar-refractivity contribution in [3.8, 4) is 11.6 Å². The van der Waals surface area contributed by atoms with Crippen molar-refractivity contribution in [2.45, 2.75) is 31.3 Å². The van der Waals surface area contributed by atoms with E-state index in [0.29, 0.717) is 11.6 Å². The van der Waals surface area contributed by atoms with E-state index < -0.39 is 83.8 Å². The number of rotatable bonds is 18. The summed E-state index contributed by atoms with van der Waals surface area (Å²) in [6.45, 7) is -1.56. The van der Waals surface area contributed by atoms with Crippen LogP contribution in [0.15, 0.2) is 86.0 Å². The van der Waals surface area contributed by atoms with Crippen molar-refractivity contribution in [3.05, 3.63) is 131 Å². The van der Waals surface area contributed by atoms with Gasteiger partial charge in [-0.15, -0.1) is 20.4 Å². The van der Waals surface area contributed by atoms with Gasteiger partial charge in [0, 0.05) is 24.8 Å². The number of ether oxygens (including phenoxy) is 2. The summed E-state index contributed by atoms with van der Waals surface area (Å²) in [7, 11) is 0. The van der Waals surface area contributed by atoms with Crippen molar-refractivity contribution in [1.29, 1.82) is 0 Å². The van der Waals surface area contributed by atoms with Gasteiger partial charge < -0.3 is 41.8 Å². The van der Waals surface area contributed by atoms with E-state index in [2.05, 4.69) is 41.0 Å². The van der Waals surface area contributed by atoms with E-state index in [-0.39, 0.29) is 53.2 Å². The molecular weight excluding hydrogens is 834 g/mol. The van der Waals surface area contributed by atoms with Crippen LogP contribution in [0, 0.1) is 11.6 Å². The number of anilines is 2. The van der Waals surface area contributed by atoms with E-state index in [4.69, 9.17) is 31.2 Å². The fraction of sp³-hybridized carbons (Fsp3) is 0.179. The summed E-state index contributed by atoms with van der Waals surface area (Å²) < 4.78 is 44.3. The van der Waals surface area contributed by atoms with Gasteiger partial charge in [0.2, 0.25) is 0 Å². The Morgan fingerprint density at radius 1 is 0.635 bits per heavy atom. The molecule has 2 aromatic carbocycles. The van der Waals surface area contributed by atoms with Gasteiger partial charge in [0.25, 0.3) is 11.8 Å². The zero-order valence-corrected chi connectivity index (χ0v) is 32.4. The summed E-state index contributed by atoms with van der Waals surface area (Å²) in [6.07, 6.45) is 8.86. The molecule has 6 aromatic rings. The largest absolute Gasteiger partial charge is 0.480 e. The third kappa shape index (κ3) is 11.1. The van der Waals surface area contributed by atoms with Gasteiger partial charge in [-0.25, -0.2) is 28.3 Å². The molecule has 0 aliphatic heterocycles. The second-order valence-corrected chi connectivity index (χ2v) is 13.3. The minimum absolute atomic E-state index is 0.00546. The van der Waals surface area contributed by atoms with Gasteiger partial charge in [-0.3, -0.25) is 28.3 Å². The third-order valence-electron chi connectivity index (χ3n) is 8.93. The number of aliphatic carboxylic acids is 2. The lowest BCUT2D eigenvalue weighted by molar-refractivity contribution is -0.140. The molecule has 2 amide bonds. The maximum Gasteiger partial charge on any atom is 0.340 e. The Morgan fingerprint density at radius 2 is 1.05 bits per heavy atom. The number of nitrogens with one attached hydrogen (secondary N) is 2. The van der Waals surface area contributed by atoms with E-state index in [9.17, 15) is 28.8 Å². The number of aryl methyl sites for hydroxylation is 2. The molecule has 324 valence electrons. The minimum atomic E-state index is -1.60. The van der Waals surface area contributed by atoms with Crippen LogP contribution >= 0.6 is 0 Å². The molecule has 2 atom stereocenters. The highest BCUT2D eigenvalue weighted by atomic mass is 19.1. The number of carboxylic acids is 2. The maximum atomic E-state index is 15.7. The molecule has 1 unspecified atom stereocenters. The highest BCUT2D eigenvalue weighted by Crippen LogP contribution is 2.27. The van der Waals surface area contributed by atoms with E-state index in [1.807, 2.05) is 0 Å². The lowest BCUT2D eigenvalue weighted by Crippen LogP contribution is -2.35. The molecule has 8 N–H and O–H groups in total. The lowest BCUT2D eigenvalue weighted by Gasteiger charge is -2.16. The van der Waals surface area contributed by atoms with Gasteiger partial charge in [-0.1, -0.05) is 0 Å². The SMILES string of the molecule is NC(COC(=O)c1cc(F)c(CCCc2cc(NC(=O)c3ccc(-n4ccnc4)nn3)c(C(=O)OC[C@@H](N)C(=O)O)cc2F)cc1NC(=O)c1ccc(-n2ccnc2)nn1)C(=O)O. The molecule has 4 heterocycles. The van der Waals surface area contributed by atoms with E-state index in [0.717, 1.165) is 24.3 Å². The Kier molecular flexibility index (Phi) is 13.9. The number of nitrogens with two attached hydrogens (primary N) is 2. The number of esters is 2. The number of carboxylic acid groups (broad SMARTS) is 2. The van der Waals surface area contributed by atoms with Crippen molar-refractivity contribution in [3.63, 3.8) is 0 Å². The quantitative estimate of drug-likeness (QED) is 0.0670. The number of benzene rings is 2. The van der Waals surface area contributed by atoms with Gasteiger partial charge in [-0.05, 0) is 78.9 Å². The maximum absolute atomic E-state index is 15.7. The second kappa shape index (κ2) is 19.8.